The van der Waals surface area contributed by atoms with Gasteiger partial charge < -0.3 is 15.4 Å². The first-order valence-corrected chi connectivity index (χ1v) is 6.42. The van der Waals surface area contributed by atoms with Gasteiger partial charge in [-0.3, -0.25) is 4.79 Å². The van der Waals surface area contributed by atoms with Gasteiger partial charge in [-0.2, -0.15) is 0 Å². The Balaban J connectivity index is 1.48. The van der Waals surface area contributed by atoms with E-state index in [2.05, 4.69) is 10.6 Å². The van der Waals surface area contributed by atoms with Crippen molar-refractivity contribution >= 4 is 5.91 Å². The zero-order valence-electron chi connectivity index (χ0n) is 9.84. The van der Waals surface area contributed by atoms with Crippen molar-refractivity contribution in [3.8, 4) is 0 Å². The summed E-state index contributed by atoms with van der Waals surface area (Å²) in [5, 5.41) is 6.33. The molecule has 2 N–H and O–H groups in total. The van der Waals surface area contributed by atoms with Crippen LogP contribution in [-0.4, -0.2) is 38.3 Å². The summed E-state index contributed by atoms with van der Waals surface area (Å²) < 4.78 is 5.37. The third-order valence-corrected chi connectivity index (χ3v) is 3.20. The highest BCUT2D eigenvalue weighted by Crippen LogP contribution is 2.18. The molecule has 0 spiro atoms. The van der Waals surface area contributed by atoms with Crippen LogP contribution in [0.25, 0.3) is 0 Å². The lowest BCUT2D eigenvalue weighted by atomic mass is 10.0. The van der Waals surface area contributed by atoms with Crippen LogP contribution >= 0.6 is 0 Å². The molecule has 2 rings (SSSR count). The Bertz CT molecular complexity index is 223. The molecule has 4 heteroatoms. The van der Waals surface area contributed by atoms with Crippen molar-refractivity contribution in [1.82, 2.24) is 10.6 Å². The zero-order chi connectivity index (χ0) is 11.2. The predicted octanol–water partition coefficient (Wildman–Crippen LogP) is 0.671. The highest BCUT2D eigenvalue weighted by molar-refractivity contribution is 5.76. The Labute approximate surface area is 97.1 Å². The molecule has 1 unspecified atom stereocenters. The van der Waals surface area contributed by atoms with Crippen LogP contribution in [0.4, 0.5) is 0 Å². The molecule has 16 heavy (non-hydrogen) atoms. The van der Waals surface area contributed by atoms with E-state index >= 15 is 0 Å². The van der Waals surface area contributed by atoms with E-state index in [1.165, 1.54) is 19.3 Å². The molecule has 1 saturated carbocycles. The van der Waals surface area contributed by atoms with Gasteiger partial charge >= 0.3 is 0 Å². The number of nitrogens with one attached hydrogen (secondary N) is 2. The van der Waals surface area contributed by atoms with E-state index < -0.39 is 0 Å². The van der Waals surface area contributed by atoms with Crippen LogP contribution in [0.5, 0.6) is 0 Å². The largest absolute Gasteiger partial charge is 0.381 e. The number of amides is 1. The highest BCUT2D eigenvalue weighted by Gasteiger charge is 2.20. The van der Waals surface area contributed by atoms with E-state index in [0.717, 1.165) is 32.7 Å². The van der Waals surface area contributed by atoms with Crippen LogP contribution in [0.2, 0.25) is 0 Å². The van der Waals surface area contributed by atoms with Gasteiger partial charge in [0.25, 0.3) is 0 Å². The second-order valence-electron chi connectivity index (χ2n) is 4.87. The number of hydrogen-bond acceptors (Lipinski definition) is 3. The van der Waals surface area contributed by atoms with Gasteiger partial charge in [-0.15, -0.1) is 0 Å². The number of ether oxygens (including phenoxy) is 1. The third-order valence-electron chi connectivity index (χ3n) is 3.20. The van der Waals surface area contributed by atoms with E-state index in [0.29, 0.717) is 18.4 Å². The van der Waals surface area contributed by atoms with Crippen LogP contribution in [0.15, 0.2) is 0 Å². The van der Waals surface area contributed by atoms with Gasteiger partial charge in [0, 0.05) is 32.2 Å². The molecule has 1 saturated heterocycles. The Morgan fingerprint density at radius 1 is 1.31 bits per heavy atom. The molecule has 1 atom stereocenters. The molecule has 1 aliphatic heterocycles. The summed E-state index contributed by atoms with van der Waals surface area (Å²) in [6.07, 6.45) is 5.47. The van der Waals surface area contributed by atoms with Crippen LogP contribution in [-0.2, 0) is 9.53 Å². The summed E-state index contributed by atoms with van der Waals surface area (Å²) in [5.41, 5.74) is 0. The third kappa shape index (κ3) is 4.49. The van der Waals surface area contributed by atoms with Gasteiger partial charge in [-0.1, -0.05) is 0 Å². The minimum Gasteiger partial charge on any atom is -0.381 e. The van der Waals surface area contributed by atoms with Crippen molar-refractivity contribution in [1.29, 1.82) is 0 Å². The summed E-state index contributed by atoms with van der Waals surface area (Å²) >= 11 is 0. The molecule has 0 aromatic carbocycles. The lowest BCUT2D eigenvalue weighted by Crippen LogP contribution is -2.34. The van der Waals surface area contributed by atoms with E-state index in [9.17, 15) is 4.79 Å². The normalized spacial score (nSPS) is 25.4. The Morgan fingerprint density at radius 2 is 2.19 bits per heavy atom. The fourth-order valence-electron chi connectivity index (χ4n) is 1.99. The minimum atomic E-state index is 0.165. The summed E-state index contributed by atoms with van der Waals surface area (Å²) in [5.74, 6) is 0.688. The van der Waals surface area contributed by atoms with Crippen molar-refractivity contribution in [2.75, 3.05) is 26.3 Å². The first-order valence-electron chi connectivity index (χ1n) is 6.42. The predicted molar refractivity (Wildman–Crippen MR) is 62.2 cm³/mol. The van der Waals surface area contributed by atoms with Gasteiger partial charge in [0.1, 0.15) is 0 Å². The van der Waals surface area contributed by atoms with Crippen LogP contribution in [0.3, 0.4) is 0 Å². The van der Waals surface area contributed by atoms with Crippen molar-refractivity contribution in [2.45, 2.75) is 38.1 Å². The average molecular weight is 226 g/mol. The van der Waals surface area contributed by atoms with Crippen molar-refractivity contribution < 1.29 is 9.53 Å². The smallest absolute Gasteiger partial charge is 0.221 e. The molecule has 0 aromatic rings. The molecule has 92 valence electrons. The average Bonchev–Trinajstić information content (AvgIpc) is 3.12. The Kier molecular flexibility index (Phi) is 4.60. The maximum Gasteiger partial charge on any atom is 0.221 e. The van der Waals surface area contributed by atoms with E-state index in [-0.39, 0.29) is 5.91 Å². The lowest BCUT2D eigenvalue weighted by molar-refractivity contribution is -0.121. The Hall–Kier alpha value is -0.610. The standard InChI is InChI=1S/C12H22N2O2/c15-12(5-6-13-11-3-4-11)14-8-10-2-1-7-16-9-10/h10-11,13H,1-9H2,(H,14,15). The van der Waals surface area contributed by atoms with E-state index in [1.54, 1.807) is 0 Å². The molecule has 1 amide bonds. The quantitative estimate of drug-likeness (QED) is 0.700. The summed E-state index contributed by atoms with van der Waals surface area (Å²) in [6.45, 7) is 3.29. The lowest BCUT2D eigenvalue weighted by Gasteiger charge is -2.22. The molecule has 2 fully saturated rings. The second-order valence-corrected chi connectivity index (χ2v) is 4.87. The van der Waals surface area contributed by atoms with Gasteiger partial charge in [-0.25, -0.2) is 0 Å². The zero-order valence-corrected chi connectivity index (χ0v) is 9.84. The van der Waals surface area contributed by atoms with E-state index in [1.807, 2.05) is 0 Å². The number of carbonyl (C=O) groups excluding carboxylic acids is 1. The molecular weight excluding hydrogens is 204 g/mol. The molecule has 1 aliphatic carbocycles. The van der Waals surface area contributed by atoms with Crippen molar-refractivity contribution in [2.24, 2.45) is 5.92 Å². The molecule has 4 nitrogen and oxygen atoms in total. The Morgan fingerprint density at radius 3 is 2.88 bits per heavy atom. The fraction of sp³-hybridized carbons (Fsp3) is 0.917. The van der Waals surface area contributed by atoms with Gasteiger partial charge in [-0.05, 0) is 31.6 Å². The van der Waals surface area contributed by atoms with E-state index in [4.69, 9.17) is 4.74 Å². The molecule has 1 heterocycles. The van der Waals surface area contributed by atoms with Gasteiger partial charge in [0.05, 0.1) is 6.61 Å². The van der Waals surface area contributed by atoms with Crippen LogP contribution in [0, 0.1) is 5.92 Å². The summed E-state index contributed by atoms with van der Waals surface area (Å²) in [4.78, 5) is 11.5. The highest BCUT2D eigenvalue weighted by atomic mass is 16.5. The number of carbonyl (C=O) groups is 1. The maximum atomic E-state index is 11.5. The maximum absolute atomic E-state index is 11.5. The topological polar surface area (TPSA) is 50.4 Å². The number of rotatable bonds is 6. The second kappa shape index (κ2) is 6.21. The van der Waals surface area contributed by atoms with Crippen LogP contribution in [0.1, 0.15) is 32.1 Å². The summed E-state index contributed by atoms with van der Waals surface area (Å²) in [7, 11) is 0. The monoisotopic (exact) mass is 226 g/mol. The molecule has 0 bridgehead atoms. The van der Waals surface area contributed by atoms with Crippen molar-refractivity contribution in [3.05, 3.63) is 0 Å². The first kappa shape index (κ1) is 11.9. The molecule has 2 aliphatic rings. The van der Waals surface area contributed by atoms with Gasteiger partial charge in [0.2, 0.25) is 5.91 Å². The van der Waals surface area contributed by atoms with Gasteiger partial charge in [0.15, 0.2) is 0 Å². The SMILES string of the molecule is O=C(CCNC1CC1)NCC1CCCOC1. The molecule has 0 radical (unpaired) electrons. The molecular formula is C12H22N2O2. The van der Waals surface area contributed by atoms with Crippen LogP contribution < -0.4 is 10.6 Å². The number of hydrogen-bond donors (Lipinski definition) is 2. The van der Waals surface area contributed by atoms with Crippen molar-refractivity contribution in [3.63, 3.8) is 0 Å². The summed E-state index contributed by atoms with van der Waals surface area (Å²) in [6, 6.07) is 0.694. The molecule has 0 aromatic heterocycles. The minimum absolute atomic E-state index is 0.165. The fourth-order valence-corrected chi connectivity index (χ4v) is 1.99. The first-order chi connectivity index (χ1) is 7.84.